The zero-order valence-electron chi connectivity index (χ0n) is 11.0. The maximum absolute atomic E-state index is 12.8. The van der Waals surface area contributed by atoms with E-state index in [1.165, 1.54) is 12.1 Å². The summed E-state index contributed by atoms with van der Waals surface area (Å²) in [6, 6.07) is 5.95. The predicted molar refractivity (Wildman–Crippen MR) is 71.9 cm³/mol. The highest BCUT2D eigenvalue weighted by atomic mass is 19.1. The van der Waals surface area contributed by atoms with Crippen LogP contribution in [0.3, 0.4) is 0 Å². The molecule has 1 fully saturated rings. The van der Waals surface area contributed by atoms with Gasteiger partial charge in [-0.2, -0.15) is 0 Å². The topological polar surface area (TPSA) is 40.5 Å². The van der Waals surface area contributed by atoms with E-state index in [0.29, 0.717) is 12.1 Å². The van der Waals surface area contributed by atoms with Crippen LogP contribution in [0, 0.1) is 5.82 Å². The lowest BCUT2D eigenvalue weighted by Crippen LogP contribution is -2.38. The Morgan fingerprint density at radius 1 is 1.47 bits per heavy atom. The van der Waals surface area contributed by atoms with E-state index in [1.54, 1.807) is 30.0 Å². The highest BCUT2D eigenvalue weighted by Crippen LogP contribution is 2.20. The Balaban J connectivity index is 2.12. The molecule has 0 spiro atoms. The van der Waals surface area contributed by atoms with E-state index in [9.17, 15) is 14.3 Å². The summed E-state index contributed by atoms with van der Waals surface area (Å²) in [7, 11) is 0. The molecule has 1 N–H and O–H groups in total. The van der Waals surface area contributed by atoms with Crippen LogP contribution in [0.2, 0.25) is 0 Å². The molecule has 19 heavy (non-hydrogen) atoms. The molecule has 1 aliphatic heterocycles. The number of likely N-dealkylation sites (tertiary alicyclic amines) is 1. The Kier molecular flexibility index (Phi) is 4.32. The second-order valence-corrected chi connectivity index (χ2v) is 4.86. The van der Waals surface area contributed by atoms with Crippen LogP contribution in [0.1, 0.15) is 25.3 Å². The molecule has 0 aliphatic carbocycles. The molecule has 1 aliphatic rings. The minimum Gasteiger partial charge on any atom is -0.394 e. The number of aliphatic hydroxyl groups is 1. The first-order valence-corrected chi connectivity index (χ1v) is 6.47. The molecule has 4 heteroatoms. The lowest BCUT2D eigenvalue weighted by Gasteiger charge is -2.23. The second kappa shape index (κ2) is 5.97. The van der Waals surface area contributed by atoms with Gasteiger partial charge >= 0.3 is 0 Å². The molecule has 1 heterocycles. The monoisotopic (exact) mass is 263 g/mol. The normalized spacial score (nSPS) is 19.8. The van der Waals surface area contributed by atoms with Crippen molar-refractivity contribution in [3.8, 4) is 0 Å². The molecule has 0 radical (unpaired) electrons. The lowest BCUT2D eigenvalue weighted by atomic mass is 10.1. The summed E-state index contributed by atoms with van der Waals surface area (Å²) in [5.41, 5.74) is 1.40. The maximum atomic E-state index is 12.8. The summed E-state index contributed by atoms with van der Waals surface area (Å²) in [6.45, 7) is 2.45. The molecule has 102 valence electrons. The Labute approximate surface area is 112 Å². The van der Waals surface area contributed by atoms with Crippen molar-refractivity contribution >= 4 is 12.0 Å². The van der Waals surface area contributed by atoms with Crippen molar-refractivity contribution < 1.29 is 14.3 Å². The van der Waals surface area contributed by atoms with Crippen LogP contribution >= 0.6 is 0 Å². The molecule has 0 saturated carbocycles. The maximum Gasteiger partial charge on any atom is 0.249 e. The first-order chi connectivity index (χ1) is 9.11. The first kappa shape index (κ1) is 13.7. The fourth-order valence-corrected chi connectivity index (χ4v) is 2.39. The summed E-state index contributed by atoms with van der Waals surface area (Å²) in [5.74, 6) is -0.345. The number of nitrogens with zero attached hydrogens (tertiary/aromatic N) is 1. The minimum absolute atomic E-state index is 0.00949. The number of hydrogen-bond donors (Lipinski definition) is 1. The number of rotatable bonds is 3. The standard InChI is InChI=1S/C15H18FNO2/c1-11(9-12-4-6-13(16)7-5-12)15(19)17-8-2-3-14(17)10-18/h4-7,9,14,18H,2-3,8,10H2,1H3/b11-9+/t14-/m0/s1. The number of carbonyl (C=O) groups excluding carboxylic acids is 1. The summed E-state index contributed by atoms with van der Waals surface area (Å²) in [6.07, 6.45) is 3.53. The van der Waals surface area contributed by atoms with Crippen molar-refractivity contribution in [2.24, 2.45) is 0 Å². The molecule has 1 aromatic rings. The van der Waals surface area contributed by atoms with Crippen LogP contribution in [-0.2, 0) is 4.79 Å². The molecule has 0 unspecified atom stereocenters. The summed E-state index contributed by atoms with van der Waals surface area (Å²) in [4.78, 5) is 14.0. The molecule has 3 nitrogen and oxygen atoms in total. The zero-order valence-corrected chi connectivity index (χ0v) is 11.0. The number of aliphatic hydroxyl groups excluding tert-OH is 1. The minimum atomic E-state index is -0.291. The highest BCUT2D eigenvalue weighted by molar-refractivity contribution is 5.97. The molecule has 0 bridgehead atoms. The van der Waals surface area contributed by atoms with Crippen LogP contribution in [0.4, 0.5) is 4.39 Å². The van der Waals surface area contributed by atoms with Crippen LogP contribution in [0.15, 0.2) is 29.8 Å². The fraction of sp³-hybridized carbons (Fsp3) is 0.400. The van der Waals surface area contributed by atoms with Gasteiger partial charge in [0.15, 0.2) is 0 Å². The van der Waals surface area contributed by atoms with Crippen LogP contribution < -0.4 is 0 Å². The van der Waals surface area contributed by atoms with Crippen molar-refractivity contribution in [3.63, 3.8) is 0 Å². The third-order valence-corrected chi connectivity index (χ3v) is 3.44. The third-order valence-electron chi connectivity index (χ3n) is 3.44. The van der Waals surface area contributed by atoms with Gasteiger partial charge in [-0.05, 0) is 43.5 Å². The number of carbonyl (C=O) groups is 1. The second-order valence-electron chi connectivity index (χ2n) is 4.86. The molecular formula is C15H18FNO2. The summed E-state index contributed by atoms with van der Waals surface area (Å²) in [5, 5.41) is 9.23. The first-order valence-electron chi connectivity index (χ1n) is 6.47. The van der Waals surface area contributed by atoms with E-state index in [-0.39, 0.29) is 24.4 Å². The molecule has 2 rings (SSSR count). The smallest absolute Gasteiger partial charge is 0.249 e. The van der Waals surface area contributed by atoms with Crippen molar-refractivity contribution in [2.75, 3.05) is 13.2 Å². The summed E-state index contributed by atoms with van der Waals surface area (Å²) >= 11 is 0. The largest absolute Gasteiger partial charge is 0.394 e. The molecule has 1 saturated heterocycles. The van der Waals surface area contributed by atoms with Gasteiger partial charge in [-0.15, -0.1) is 0 Å². The van der Waals surface area contributed by atoms with Crippen molar-refractivity contribution in [1.29, 1.82) is 0 Å². The quantitative estimate of drug-likeness (QED) is 0.849. The molecule has 1 aromatic carbocycles. The van der Waals surface area contributed by atoms with E-state index in [2.05, 4.69) is 0 Å². The van der Waals surface area contributed by atoms with Gasteiger partial charge in [-0.1, -0.05) is 12.1 Å². The predicted octanol–water partition coefficient (Wildman–Crippen LogP) is 2.21. The zero-order chi connectivity index (χ0) is 13.8. The van der Waals surface area contributed by atoms with Crippen molar-refractivity contribution in [1.82, 2.24) is 4.90 Å². The van der Waals surface area contributed by atoms with Crippen LogP contribution in [-0.4, -0.2) is 35.1 Å². The Morgan fingerprint density at radius 3 is 2.79 bits per heavy atom. The van der Waals surface area contributed by atoms with E-state index in [1.807, 2.05) is 0 Å². The molecule has 1 amide bonds. The average molecular weight is 263 g/mol. The average Bonchev–Trinajstić information content (AvgIpc) is 2.88. The fourth-order valence-electron chi connectivity index (χ4n) is 2.39. The van der Waals surface area contributed by atoms with Gasteiger partial charge in [0.1, 0.15) is 5.82 Å². The third kappa shape index (κ3) is 3.20. The van der Waals surface area contributed by atoms with E-state index < -0.39 is 0 Å². The highest BCUT2D eigenvalue weighted by Gasteiger charge is 2.28. The Bertz CT molecular complexity index is 481. The SMILES string of the molecule is C/C(=C\c1ccc(F)cc1)C(=O)N1CCC[C@H]1CO. The van der Waals surface area contributed by atoms with Gasteiger partial charge in [-0.3, -0.25) is 4.79 Å². The number of hydrogen-bond acceptors (Lipinski definition) is 2. The van der Waals surface area contributed by atoms with Gasteiger partial charge in [-0.25, -0.2) is 4.39 Å². The van der Waals surface area contributed by atoms with Gasteiger partial charge < -0.3 is 10.0 Å². The van der Waals surface area contributed by atoms with Crippen molar-refractivity contribution in [3.05, 3.63) is 41.2 Å². The number of benzene rings is 1. The Morgan fingerprint density at radius 2 is 2.16 bits per heavy atom. The van der Waals surface area contributed by atoms with Gasteiger partial charge in [0.2, 0.25) is 5.91 Å². The van der Waals surface area contributed by atoms with E-state index in [0.717, 1.165) is 18.4 Å². The van der Waals surface area contributed by atoms with Gasteiger partial charge in [0.25, 0.3) is 0 Å². The lowest BCUT2D eigenvalue weighted by molar-refractivity contribution is -0.128. The molecule has 1 atom stereocenters. The number of amides is 1. The van der Waals surface area contributed by atoms with Crippen LogP contribution in [0.5, 0.6) is 0 Å². The Hall–Kier alpha value is -1.68. The van der Waals surface area contributed by atoms with E-state index in [4.69, 9.17) is 0 Å². The van der Waals surface area contributed by atoms with Gasteiger partial charge in [0.05, 0.1) is 12.6 Å². The summed E-state index contributed by atoms with van der Waals surface area (Å²) < 4.78 is 12.8. The van der Waals surface area contributed by atoms with Crippen LogP contribution in [0.25, 0.3) is 6.08 Å². The molecular weight excluding hydrogens is 245 g/mol. The van der Waals surface area contributed by atoms with Crippen molar-refractivity contribution in [2.45, 2.75) is 25.8 Å². The number of halogens is 1. The van der Waals surface area contributed by atoms with Gasteiger partial charge in [0, 0.05) is 12.1 Å². The van der Waals surface area contributed by atoms with E-state index >= 15 is 0 Å². The molecule has 0 aromatic heterocycles.